The van der Waals surface area contributed by atoms with E-state index in [4.69, 9.17) is 21.3 Å². The molecule has 6 heteroatoms. The standard InChI is InChI=1S/C22H23ClN2O2.Mn/c1-2-27-22(26)25-12-9-15(10-13-25)20-19-8-7-18(23)14-17(19)6-5-16-4-3-11-24-21(16)20;/h3-4,7-8,11,14H,2,5-6,9-10,12-13H2,1H3;. The topological polar surface area (TPSA) is 42.4 Å². The maximum atomic E-state index is 12.0. The molecule has 0 spiro atoms. The van der Waals surface area contributed by atoms with Gasteiger partial charge in [-0.25, -0.2) is 4.79 Å². The van der Waals surface area contributed by atoms with Crippen molar-refractivity contribution in [1.82, 2.24) is 9.88 Å². The SMILES string of the molecule is CCOC(=O)N1CCC(=C2c3ccc(Cl)cc3CCc3cccnc32)CC1.[Mn]. The smallest absolute Gasteiger partial charge is 0.409 e. The molecular weight excluding hydrogens is 415 g/mol. The van der Waals surface area contributed by atoms with Crippen LogP contribution < -0.4 is 0 Å². The Bertz CT molecular complexity index is 903. The van der Waals surface area contributed by atoms with Crippen molar-refractivity contribution >= 4 is 23.3 Å². The molecule has 4 rings (SSSR count). The van der Waals surface area contributed by atoms with E-state index < -0.39 is 0 Å². The van der Waals surface area contributed by atoms with Gasteiger partial charge in [0.1, 0.15) is 0 Å². The van der Waals surface area contributed by atoms with Gasteiger partial charge < -0.3 is 9.64 Å². The number of hydrogen-bond donors (Lipinski definition) is 0. The van der Waals surface area contributed by atoms with Crippen molar-refractivity contribution in [3.05, 3.63) is 69.5 Å². The molecule has 1 saturated heterocycles. The molecule has 1 aromatic carbocycles. The molecule has 0 N–H and O–H groups in total. The Hall–Kier alpha value is -1.81. The maximum Gasteiger partial charge on any atom is 0.409 e. The maximum absolute atomic E-state index is 12.0. The van der Waals surface area contributed by atoms with Gasteiger partial charge in [-0.05, 0) is 67.5 Å². The van der Waals surface area contributed by atoms with Crippen molar-refractivity contribution in [2.45, 2.75) is 32.6 Å². The average Bonchev–Trinajstić information content (AvgIpc) is 2.85. The molecule has 2 aromatic rings. The van der Waals surface area contributed by atoms with Crippen molar-refractivity contribution in [1.29, 1.82) is 0 Å². The number of rotatable bonds is 1. The van der Waals surface area contributed by atoms with E-state index in [1.54, 1.807) is 4.90 Å². The van der Waals surface area contributed by atoms with Crippen LogP contribution in [0.3, 0.4) is 0 Å². The molecule has 1 radical (unpaired) electrons. The number of fused-ring (bicyclic) bond motifs is 2. The summed E-state index contributed by atoms with van der Waals surface area (Å²) in [6, 6.07) is 10.3. The zero-order chi connectivity index (χ0) is 18.8. The van der Waals surface area contributed by atoms with Gasteiger partial charge in [0, 0.05) is 47.0 Å². The number of carbonyl (C=O) groups is 1. The Morgan fingerprint density at radius 3 is 2.64 bits per heavy atom. The molecule has 1 aliphatic carbocycles. The van der Waals surface area contributed by atoms with Crippen LogP contribution in [0.5, 0.6) is 0 Å². The number of benzene rings is 1. The molecule has 1 aromatic heterocycles. The molecule has 0 unspecified atom stereocenters. The zero-order valence-electron chi connectivity index (χ0n) is 15.9. The molecule has 4 nitrogen and oxygen atoms in total. The molecule has 1 amide bonds. The first-order valence-corrected chi connectivity index (χ1v) is 9.92. The van der Waals surface area contributed by atoms with Crippen molar-refractivity contribution in [3.63, 3.8) is 0 Å². The first kappa shape index (κ1) is 20.9. The third-order valence-electron chi connectivity index (χ3n) is 5.37. The average molecular weight is 438 g/mol. The Kier molecular flexibility index (Phi) is 6.82. The van der Waals surface area contributed by atoms with E-state index in [1.807, 2.05) is 25.3 Å². The van der Waals surface area contributed by atoms with Gasteiger partial charge in [0.2, 0.25) is 0 Å². The minimum atomic E-state index is -0.215. The van der Waals surface area contributed by atoms with Gasteiger partial charge in [-0.3, -0.25) is 4.98 Å². The fraction of sp³-hybridized carbons (Fsp3) is 0.364. The Morgan fingerprint density at radius 1 is 1.14 bits per heavy atom. The van der Waals surface area contributed by atoms with Crippen LogP contribution in [0.1, 0.15) is 42.1 Å². The van der Waals surface area contributed by atoms with Crippen LogP contribution in [0.4, 0.5) is 4.79 Å². The molecule has 2 aliphatic rings. The van der Waals surface area contributed by atoms with E-state index in [0.29, 0.717) is 19.7 Å². The molecule has 1 aliphatic heterocycles. The summed E-state index contributed by atoms with van der Waals surface area (Å²) in [6.45, 7) is 3.62. The van der Waals surface area contributed by atoms with Crippen LogP contribution in [0.2, 0.25) is 5.02 Å². The van der Waals surface area contributed by atoms with Crippen molar-refractivity contribution < 1.29 is 26.6 Å². The van der Waals surface area contributed by atoms with Crippen LogP contribution in [0, 0.1) is 0 Å². The summed E-state index contributed by atoms with van der Waals surface area (Å²) >= 11 is 6.27. The van der Waals surface area contributed by atoms with E-state index in [1.165, 1.54) is 27.8 Å². The molecular formula is C22H23ClMnN2O2. The van der Waals surface area contributed by atoms with Crippen molar-refractivity contribution in [2.24, 2.45) is 0 Å². The molecule has 0 atom stereocenters. The van der Waals surface area contributed by atoms with Crippen LogP contribution in [-0.4, -0.2) is 35.7 Å². The third-order valence-corrected chi connectivity index (χ3v) is 5.61. The molecule has 1 fully saturated rings. The number of aryl methyl sites for hydroxylation is 2. The van der Waals surface area contributed by atoms with E-state index in [2.05, 4.69) is 18.2 Å². The summed E-state index contributed by atoms with van der Waals surface area (Å²) in [6.07, 6.45) is 5.25. The Balaban J connectivity index is 0.00000225. The third kappa shape index (κ3) is 4.12. The Morgan fingerprint density at radius 2 is 1.89 bits per heavy atom. The summed E-state index contributed by atoms with van der Waals surface area (Å²) in [7, 11) is 0. The monoisotopic (exact) mass is 437 g/mol. The fourth-order valence-electron chi connectivity index (χ4n) is 4.06. The van der Waals surface area contributed by atoms with Gasteiger partial charge in [-0.15, -0.1) is 0 Å². The van der Waals surface area contributed by atoms with E-state index in [9.17, 15) is 4.79 Å². The van der Waals surface area contributed by atoms with Crippen molar-refractivity contribution in [3.8, 4) is 0 Å². The number of nitrogens with zero attached hydrogens (tertiary/aromatic N) is 2. The van der Waals surface area contributed by atoms with Gasteiger partial charge in [0.15, 0.2) is 0 Å². The number of hydrogen-bond acceptors (Lipinski definition) is 3. The molecule has 0 saturated carbocycles. The summed E-state index contributed by atoms with van der Waals surface area (Å²) in [5.74, 6) is 0. The van der Waals surface area contributed by atoms with Gasteiger partial charge in [-0.2, -0.15) is 0 Å². The first-order valence-electron chi connectivity index (χ1n) is 9.54. The summed E-state index contributed by atoms with van der Waals surface area (Å²) in [5.41, 5.74) is 7.46. The number of likely N-dealkylation sites (tertiary alicyclic amines) is 1. The number of carbonyl (C=O) groups excluding carboxylic acids is 1. The summed E-state index contributed by atoms with van der Waals surface area (Å²) in [5, 5.41) is 0.772. The molecule has 2 heterocycles. The van der Waals surface area contributed by atoms with Gasteiger partial charge in [-0.1, -0.05) is 29.3 Å². The second kappa shape index (κ2) is 9.13. The predicted molar refractivity (Wildman–Crippen MR) is 107 cm³/mol. The van der Waals surface area contributed by atoms with Crippen LogP contribution in [0.25, 0.3) is 5.57 Å². The number of halogens is 1. The normalized spacial score (nSPS) is 15.9. The summed E-state index contributed by atoms with van der Waals surface area (Å²) in [4.78, 5) is 18.6. The van der Waals surface area contributed by atoms with Crippen molar-refractivity contribution in [2.75, 3.05) is 19.7 Å². The predicted octanol–water partition coefficient (Wildman–Crippen LogP) is 4.89. The minimum absolute atomic E-state index is 0. The summed E-state index contributed by atoms with van der Waals surface area (Å²) < 4.78 is 5.15. The quantitative estimate of drug-likeness (QED) is 0.597. The largest absolute Gasteiger partial charge is 0.450 e. The van der Waals surface area contributed by atoms with E-state index in [0.717, 1.165) is 36.4 Å². The van der Waals surface area contributed by atoms with Gasteiger partial charge in [0.05, 0.1) is 12.3 Å². The number of piperidine rings is 1. The molecule has 28 heavy (non-hydrogen) atoms. The Labute approximate surface area is 181 Å². The second-order valence-electron chi connectivity index (χ2n) is 6.98. The van der Waals surface area contributed by atoms with Crippen LogP contribution >= 0.6 is 11.6 Å². The number of aromatic nitrogens is 1. The first-order chi connectivity index (χ1) is 13.2. The number of amides is 1. The minimum Gasteiger partial charge on any atom is -0.450 e. The van der Waals surface area contributed by atoms with Crippen LogP contribution in [0.15, 0.2) is 42.1 Å². The van der Waals surface area contributed by atoms with E-state index in [-0.39, 0.29) is 23.2 Å². The van der Waals surface area contributed by atoms with Gasteiger partial charge >= 0.3 is 6.09 Å². The number of ether oxygens (including phenoxy) is 1. The second-order valence-corrected chi connectivity index (χ2v) is 7.41. The zero-order valence-corrected chi connectivity index (χ0v) is 17.8. The fourth-order valence-corrected chi connectivity index (χ4v) is 4.25. The van der Waals surface area contributed by atoms with Crippen LogP contribution in [-0.2, 0) is 34.6 Å². The molecule has 147 valence electrons. The van der Waals surface area contributed by atoms with Gasteiger partial charge in [0.25, 0.3) is 0 Å². The molecule has 0 bridgehead atoms. The van der Waals surface area contributed by atoms with E-state index >= 15 is 0 Å². The number of pyridine rings is 1.